The van der Waals surface area contributed by atoms with Crippen LogP contribution in [-0.4, -0.2) is 46.8 Å². The van der Waals surface area contributed by atoms with E-state index in [0.29, 0.717) is 6.04 Å². The fourth-order valence-corrected chi connectivity index (χ4v) is 3.99. The number of furan rings is 1. The second-order valence-electron chi connectivity index (χ2n) is 5.40. The third kappa shape index (κ3) is 3.95. The number of methoxy groups -OCH3 is 1. The van der Waals surface area contributed by atoms with Crippen molar-refractivity contribution in [3.05, 3.63) is 23.2 Å². The summed E-state index contributed by atoms with van der Waals surface area (Å²) in [5.74, 6) is 2.24. The third-order valence-corrected chi connectivity index (χ3v) is 5.39. The molecule has 2 rings (SSSR count). The van der Waals surface area contributed by atoms with E-state index in [0.717, 1.165) is 48.6 Å². The smallest absolute Gasteiger partial charge is 0.373 e. The highest BCUT2D eigenvalue weighted by molar-refractivity contribution is 7.85. The van der Waals surface area contributed by atoms with Crippen LogP contribution in [0.4, 0.5) is 0 Å². The van der Waals surface area contributed by atoms with Crippen LogP contribution in [0.5, 0.6) is 0 Å². The van der Waals surface area contributed by atoms with Gasteiger partial charge in [-0.1, -0.05) is 6.92 Å². The van der Waals surface area contributed by atoms with E-state index >= 15 is 0 Å². The first-order valence-corrected chi connectivity index (χ1v) is 8.79. The Morgan fingerprint density at radius 2 is 2.14 bits per heavy atom. The fourth-order valence-electron chi connectivity index (χ4n) is 2.72. The molecule has 0 atom stereocenters. The van der Waals surface area contributed by atoms with Crippen molar-refractivity contribution in [2.75, 3.05) is 25.7 Å². The first-order chi connectivity index (χ1) is 10.0. The monoisotopic (exact) mass is 313 g/mol. The summed E-state index contributed by atoms with van der Waals surface area (Å²) in [6.07, 6.45) is 2.67. The summed E-state index contributed by atoms with van der Waals surface area (Å²) >= 11 is 0. The van der Waals surface area contributed by atoms with Gasteiger partial charge >= 0.3 is 5.97 Å². The molecule has 0 aliphatic carbocycles. The first kappa shape index (κ1) is 16.2. The number of rotatable bonds is 5. The molecule has 2 heterocycles. The summed E-state index contributed by atoms with van der Waals surface area (Å²) in [6, 6.07) is 2.23. The molecular weight excluding hydrogens is 290 g/mol. The van der Waals surface area contributed by atoms with Gasteiger partial charge in [0, 0.05) is 46.9 Å². The second-order valence-corrected chi connectivity index (χ2v) is 7.09. The van der Waals surface area contributed by atoms with E-state index in [-0.39, 0.29) is 5.76 Å². The van der Waals surface area contributed by atoms with E-state index in [4.69, 9.17) is 9.15 Å². The second kappa shape index (κ2) is 7.22. The van der Waals surface area contributed by atoms with E-state index in [1.54, 1.807) is 6.07 Å². The van der Waals surface area contributed by atoms with E-state index in [9.17, 15) is 9.00 Å². The van der Waals surface area contributed by atoms with Gasteiger partial charge in [-0.2, -0.15) is 0 Å². The van der Waals surface area contributed by atoms with Crippen molar-refractivity contribution in [2.45, 2.75) is 38.8 Å². The van der Waals surface area contributed by atoms with Crippen molar-refractivity contribution in [2.24, 2.45) is 0 Å². The molecule has 0 N–H and O–H groups in total. The molecule has 1 aliphatic rings. The molecule has 21 heavy (non-hydrogen) atoms. The van der Waals surface area contributed by atoms with Gasteiger partial charge in [0.15, 0.2) is 0 Å². The summed E-state index contributed by atoms with van der Waals surface area (Å²) in [7, 11) is 2.78. The zero-order valence-electron chi connectivity index (χ0n) is 12.9. The number of hydrogen-bond acceptors (Lipinski definition) is 5. The average Bonchev–Trinajstić information content (AvgIpc) is 2.90. The molecular formula is C15H23NO4S. The van der Waals surface area contributed by atoms with Crippen LogP contribution < -0.4 is 0 Å². The van der Waals surface area contributed by atoms with Gasteiger partial charge in [0.05, 0.1) is 7.11 Å². The molecule has 0 aromatic carbocycles. The van der Waals surface area contributed by atoms with Gasteiger partial charge in [-0.3, -0.25) is 9.11 Å². The summed E-state index contributed by atoms with van der Waals surface area (Å²) in [5.41, 5.74) is 1.03. The van der Waals surface area contributed by atoms with Gasteiger partial charge < -0.3 is 9.15 Å². The molecule has 6 heteroatoms. The van der Waals surface area contributed by atoms with E-state index in [2.05, 4.69) is 11.9 Å². The Morgan fingerprint density at radius 3 is 2.71 bits per heavy atom. The van der Waals surface area contributed by atoms with Crippen LogP contribution in [0.25, 0.3) is 0 Å². The SMILES string of the molecule is CCc1oc(C(=O)OC)cc1CN(C)C1CCS(=O)CC1. The number of hydrogen-bond donors (Lipinski definition) is 0. The Kier molecular flexibility index (Phi) is 5.58. The quantitative estimate of drug-likeness (QED) is 0.778. The number of carbonyl (C=O) groups excluding carboxylic acids is 1. The molecule has 1 fully saturated rings. The van der Waals surface area contributed by atoms with Gasteiger partial charge in [-0.05, 0) is 26.0 Å². The lowest BCUT2D eigenvalue weighted by atomic mass is 10.1. The maximum Gasteiger partial charge on any atom is 0.373 e. The number of nitrogens with zero attached hydrogens (tertiary/aromatic N) is 1. The normalized spacial score (nSPS) is 22.5. The Bertz CT molecular complexity index is 516. The predicted octanol–water partition coefficient (Wildman–Crippen LogP) is 1.97. The van der Waals surface area contributed by atoms with Gasteiger partial charge in [0.2, 0.25) is 5.76 Å². The van der Waals surface area contributed by atoms with Crippen LogP contribution in [0, 0.1) is 0 Å². The highest BCUT2D eigenvalue weighted by atomic mass is 32.2. The maximum atomic E-state index is 11.6. The third-order valence-electron chi connectivity index (χ3n) is 4.00. The van der Waals surface area contributed by atoms with Crippen LogP contribution in [0.15, 0.2) is 10.5 Å². The van der Waals surface area contributed by atoms with Gasteiger partial charge in [-0.25, -0.2) is 4.79 Å². The van der Waals surface area contributed by atoms with Crippen LogP contribution in [0.1, 0.15) is 41.6 Å². The summed E-state index contributed by atoms with van der Waals surface area (Å²) in [5, 5.41) is 0. The molecule has 1 saturated heterocycles. The zero-order chi connectivity index (χ0) is 15.4. The summed E-state index contributed by atoms with van der Waals surface area (Å²) in [4.78, 5) is 13.8. The fraction of sp³-hybridized carbons (Fsp3) is 0.667. The van der Waals surface area contributed by atoms with Crippen molar-refractivity contribution < 1.29 is 18.2 Å². The first-order valence-electron chi connectivity index (χ1n) is 7.30. The number of carbonyl (C=O) groups is 1. The standard InChI is InChI=1S/C15H23NO4S/c1-4-13-11(9-14(20-13)15(17)19-3)10-16(2)12-5-7-21(18)8-6-12/h9,12H,4-8,10H2,1-3H3. The molecule has 5 nitrogen and oxygen atoms in total. The molecule has 0 saturated carbocycles. The number of aryl methyl sites for hydroxylation is 1. The highest BCUT2D eigenvalue weighted by Crippen LogP contribution is 2.22. The minimum Gasteiger partial charge on any atom is -0.463 e. The van der Waals surface area contributed by atoms with Crippen molar-refractivity contribution >= 4 is 16.8 Å². The lowest BCUT2D eigenvalue weighted by Gasteiger charge is -2.30. The summed E-state index contributed by atoms with van der Waals surface area (Å²) < 4.78 is 21.7. The lowest BCUT2D eigenvalue weighted by Crippen LogP contribution is -2.37. The number of ether oxygens (including phenoxy) is 1. The van der Waals surface area contributed by atoms with E-state index in [1.807, 2.05) is 6.92 Å². The van der Waals surface area contributed by atoms with Crippen molar-refractivity contribution in [3.8, 4) is 0 Å². The minimum absolute atomic E-state index is 0.266. The Labute approximate surface area is 128 Å². The minimum atomic E-state index is -0.640. The molecule has 118 valence electrons. The van der Waals surface area contributed by atoms with Crippen LogP contribution in [0.3, 0.4) is 0 Å². The van der Waals surface area contributed by atoms with E-state index < -0.39 is 16.8 Å². The summed E-state index contributed by atoms with van der Waals surface area (Å²) in [6.45, 7) is 2.74. The van der Waals surface area contributed by atoms with Gasteiger partial charge in [0.25, 0.3) is 0 Å². The molecule has 0 bridgehead atoms. The zero-order valence-corrected chi connectivity index (χ0v) is 13.7. The molecule has 0 amide bonds. The van der Waals surface area contributed by atoms with E-state index in [1.165, 1.54) is 7.11 Å². The maximum absolute atomic E-state index is 11.6. The van der Waals surface area contributed by atoms with Gasteiger partial charge in [0.1, 0.15) is 5.76 Å². The van der Waals surface area contributed by atoms with Crippen LogP contribution in [-0.2, 0) is 28.5 Å². The molecule has 1 aromatic rings. The van der Waals surface area contributed by atoms with Crippen molar-refractivity contribution in [3.63, 3.8) is 0 Å². The molecule has 0 unspecified atom stereocenters. The Balaban J connectivity index is 2.05. The largest absolute Gasteiger partial charge is 0.463 e. The predicted molar refractivity (Wildman–Crippen MR) is 81.8 cm³/mol. The molecule has 1 aliphatic heterocycles. The van der Waals surface area contributed by atoms with Crippen molar-refractivity contribution in [1.82, 2.24) is 4.90 Å². The molecule has 1 aromatic heterocycles. The Morgan fingerprint density at radius 1 is 1.48 bits per heavy atom. The lowest BCUT2D eigenvalue weighted by molar-refractivity contribution is 0.0563. The Hall–Kier alpha value is -1.14. The van der Waals surface area contributed by atoms with Crippen LogP contribution in [0.2, 0.25) is 0 Å². The highest BCUT2D eigenvalue weighted by Gasteiger charge is 2.23. The van der Waals surface area contributed by atoms with Crippen molar-refractivity contribution in [1.29, 1.82) is 0 Å². The van der Waals surface area contributed by atoms with Crippen LogP contribution >= 0.6 is 0 Å². The molecule has 0 spiro atoms. The number of esters is 1. The molecule has 0 radical (unpaired) electrons. The average molecular weight is 313 g/mol. The van der Waals surface area contributed by atoms with Gasteiger partial charge in [-0.15, -0.1) is 0 Å². The topological polar surface area (TPSA) is 59.8 Å².